The van der Waals surface area contributed by atoms with Crippen LogP contribution in [0.15, 0.2) is 0 Å². The maximum Gasteiger partial charge on any atom is 0.315 e. The first-order valence-corrected chi connectivity index (χ1v) is 9.14. The highest BCUT2D eigenvalue weighted by Gasteiger charge is 2.39. The maximum absolute atomic E-state index is 12.0. The van der Waals surface area contributed by atoms with Crippen LogP contribution < -0.4 is 10.6 Å². The third-order valence-corrected chi connectivity index (χ3v) is 5.24. The molecule has 0 bridgehead atoms. The number of urea groups is 1. The number of nitrogens with one attached hydrogen (secondary N) is 2. The number of rotatable bonds is 6. The average Bonchev–Trinajstić information content (AvgIpc) is 3.29. The minimum atomic E-state index is -0.000547. The number of ether oxygens (including phenoxy) is 1. The molecule has 126 valence electrons. The normalized spacial score (nSPS) is 32.9. The van der Waals surface area contributed by atoms with Crippen LogP contribution in [0.3, 0.4) is 0 Å². The lowest BCUT2D eigenvalue weighted by atomic mass is 10.0. The molecule has 3 fully saturated rings. The van der Waals surface area contributed by atoms with Crippen molar-refractivity contribution in [3.63, 3.8) is 0 Å². The molecule has 1 aliphatic carbocycles. The molecule has 1 saturated carbocycles. The summed E-state index contributed by atoms with van der Waals surface area (Å²) in [6.07, 6.45) is 9.93. The molecular weight excluding hydrogens is 278 g/mol. The third-order valence-electron chi connectivity index (χ3n) is 5.24. The van der Waals surface area contributed by atoms with Gasteiger partial charge in [-0.2, -0.15) is 0 Å². The molecule has 0 spiro atoms. The first kappa shape index (κ1) is 16.1. The van der Waals surface area contributed by atoms with Crippen LogP contribution >= 0.6 is 0 Å². The molecule has 0 aromatic heterocycles. The summed E-state index contributed by atoms with van der Waals surface area (Å²) in [6.45, 7) is 4.97. The molecule has 2 aliphatic heterocycles. The molecule has 0 aromatic carbocycles. The number of carbonyl (C=O) groups excluding carboxylic acids is 1. The van der Waals surface area contributed by atoms with Gasteiger partial charge in [0.25, 0.3) is 0 Å². The van der Waals surface area contributed by atoms with E-state index in [1.54, 1.807) is 0 Å². The Balaban J connectivity index is 1.26. The molecule has 22 heavy (non-hydrogen) atoms. The lowest BCUT2D eigenvalue weighted by Crippen LogP contribution is -2.43. The van der Waals surface area contributed by atoms with Crippen molar-refractivity contribution in [2.75, 3.05) is 19.7 Å². The monoisotopic (exact) mass is 309 g/mol. The molecule has 3 aliphatic rings. The first-order chi connectivity index (χ1) is 10.7. The van der Waals surface area contributed by atoms with Crippen molar-refractivity contribution >= 4 is 6.03 Å². The molecule has 3 atom stereocenters. The summed E-state index contributed by atoms with van der Waals surface area (Å²) in [4.78, 5) is 14.5. The van der Waals surface area contributed by atoms with Crippen LogP contribution in [0.25, 0.3) is 0 Å². The van der Waals surface area contributed by atoms with Gasteiger partial charge in [-0.3, -0.25) is 4.90 Å². The molecule has 0 aromatic rings. The lowest BCUT2D eigenvalue weighted by molar-refractivity contribution is 0.0103. The van der Waals surface area contributed by atoms with Crippen molar-refractivity contribution < 1.29 is 9.53 Å². The quantitative estimate of drug-likeness (QED) is 0.740. The van der Waals surface area contributed by atoms with Crippen molar-refractivity contribution in [2.45, 2.75) is 82.5 Å². The van der Waals surface area contributed by atoms with Crippen LogP contribution in [0.5, 0.6) is 0 Å². The Bertz CT molecular complexity index is 367. The fraction of sp³-hybridized carbons (Fsp3) is 0.941. The summed E-state index contributed by atoms with van der Waals surface area (Å²) in [7, 11) is 0. The zero-order valence-corrected chi connectivity index (χ0v) is 13.9. The Kier molecular flexibility index (Phi) is 5.58. The highest BCUT2D eigenvalue weighted by atomic mass is 16.5. The molecule has 2 amide bonds. The largest absolute Gasteiger partial charge is 0.378 e. The minimum Gasteiger partial charge on any atom is -0.378 e. The number of likely N-dealkylation sites (tertiary alicyclic amines) is 1. The Morgan fingerprint density at radius 2 is 2.14 bits per heavy atom. The van der Waals surface area contributed by atoms with Crippen LogP contribution in [-0.2, 0) is 4.74 Å². The molecule has 2 saturated heterocycles. The smallest absolute Gasteiger partial charge is 0.315 e. The van der Waals surface area contributed by atoms with E-state index < -0.39 is 0 Å². The van der Waals surface area contributed by atoms with Crippen molar-refractivity contribution in [2.24, 2.45) is 0 Å². The molecule has 3 rings (SSSR count). The standard InChI is InChI=1S/C17H31N3O2/c1-13-11-14(12-20(13)15-7-8-15)19-17(21)18-9-4-6-16-5-2-3-10-22-16/h13-16H,2-12H2,1H3,(H2,18,19,21). The van der Waals surface area contributed by atoms with Crippen LogP contribution in [0, 0.1) is 0 Å². The Morgan fingerprint density at radius 3 is 2.86 bits per heavy atom. The zero-order valence-electron chi connectivity index (χ0n) is 13.9. The second-order valence-electron chi connectivity index (χ2n) is 7.24. The van der Waals surface area contributed by atoms with E-state index in [9.17, 15) is 4.79 Å². The summed E-state index contributed by atoms with van der Waals surface area (Å²) in [5.41, 5.74) is 0. The van der Waals surface area contributed by atoms with E-state index in [4.69, 9.17) is 4.74 Å². The Labute approximate surface area is 134 Å². The van der Waals surface area contributed by atoms with Gasteiger partial charge < -0.3 is 15.4 Å². The Hall–Kier alpha value is -0.810. The number of carbonyl (C=O) groups is 1. The highest BCUT2D eigenvalue weighted by Crippen LogP contribution is 2.33. The third kappa shape index (κ3) is 4.59. The maximum atomic E-state index is 12.0. The molecule has 5 nitrogen and oxygen atoms in total. The van der Waals surface area contributed by atoms with Crippen molar-refractivity contribution in [1.82, 2.24) is 15.5 Å². The van der Waals surface area contributed by atoms with Gasteiger partial charge in [0.2, 0.25) is 0 Å². The van der Waals surface area contributed by atoms with Gasteiger partial charge >= 0.3 is 6.03 Å². The van der Waals surface area contributed by atoms with Crippen molar-refractivity contribution in [3.05, 3.63) is 0 Å². The predicted octanol–water partition coefficient (Wildman–Crippen LogP) is 2.26. The molecule has 0 radical (unpaired) electrons. The van der Waals surface area contributed by atoms with Crippen LogP contribution in [0.4, 0.5) is 4.79 Å². The van der Waals surface area contributed by atoms with Gasteiger partial charge in [-0.25, -0.2) is 4.79 Å². The van der Waals surface area contributed by atoms with Gasteiger partial charge in [-0.1, -0.05) is 0 Å². The molecule has 5 heteroatoms. The van der Waals surface area contributed by atoms with E-state index in [0.29, 0.717) is 18.2 Å². The van der Waals surface area contributed by atoms with Gasteiger partial charge in [-0.15, -0.1) is 0 Å². The van der Waals surface area contributed by atoms with E-state index in [2.05, 4.69) is 22.5 Å². The topological polar surface area (TPSA) is 53.6 Å². The lowest BCUT2D eigenvalue weighted by Gasteiger charge is -2.22. The summed E-state index contributed by atoms with van der Waals surface area (Å²) in [6, 6.07) is 1.72. The number of hydrogen-bond donors (Lipinski definition) is 2. The van der Waals surface area contributed by atoms with Crippen molar-refractivity contribution in [3.8, 4) is 0 Å². The molecular formula is C17H31N3O2. The summed E-state index contributed by atoms with van der Waals surface area (Å²) in [5, 5.41) is 6.14. The summed E-state index contributed by atoms with van der Waals surface area (Å²) < 4.78 is 5.71. The fourth-order valence-electron chi connectivity index (χ4n) is 3.88. The molecule has 3 unspecified atom stereocenters. The van der Waals surface area contributed by atoms with E-state index in [0.717, 1.165) is 45.0 Å². The van der Waals surface area contributed by atoms with Gasteiger partial charge in [-0.05, 0) is 58.3 Å². The molecule has 2 heterocycles. The molecule has 2 N–H and O–H groups in total. The van der Waals surface area contributed by atoms with Crippen LogP contribution in [-0.4, -0.2) is 54.9 Å². The minimum absolute atomic E-state index is 0.000547. The second-order valence-corrected chi connectivity index (χ2v) is 7.24. The summed E-state index contributed by atoms with van der Waals surface area (Å²) in [5.74, 6) is 0. The van der Waals surface area contributed by atoms with Gasteiger partial charge in [0, 0.05) is 37.8 Å². The van der Waals surface area contributed by atoms with E-state index in [-0.39, 0.29) is 6.03 Å². The van der Waals surface area contributed by atoms with Gasteiger partial charge in [0.05, 0.1) is 6.10 Å². The summed E-state index contributed by atoms with van der Waals surface area (Å²) >= 11 is 0. The van der Waals surface area contributed by atoms with E-state index in [1.165, 1.54) is 32.1 Å². The average molecular weight is 309 g/mol. The number of nitrogens with zero attached hydrogens (tertiary/aromatic N) is 1. The van der Waals surface area contributed by atoms with E-state index in [1.807, 2.05) is 0 Å². The fourth-order valence-corrected chi connectivity index (χ4v) is 3.88. The van der Waals surface area contributed by atoms with E-state index >= 15 is 0 Å². The van der Waals surface area contributed by atoms with Gasteiger partial charge in [0.1, 0.15) is 0 Å². The number of amides is 2. The zero-order chi connectivity index (χ0) is 15.4. The van der Waals surface area contributed by atoms with Crippen LogP contribution in [0.2, 0.25) is 0 Å². The first-order valence-electron chi connectivity index (χ1n) is 9.14. The number of hydrogen-bond acceptors (Lipinski definition) is 3. The SMILES string of the molecule is CC1CC(NC(=O)NCCCC2CCCCO2)CN1C1CC1. The van der Waals surface area contributed by atoms with Crippen LogP contribution in [0.1, 0.15) is 58.3 Å². The Morgan fingerprint density at radius 1 is 1.27 bits per heavy atom. The highest BCUT2D eigenvalue weighted by molar-refractivity contribution is 5.74. The van der Waals surface area contributed by atoms with Gasteiger partial charge in [0.15, 0.2) is 0 Å². The second kappa shape index (κ2) is 7.64. The van der Waals surface area contributed by atoms with Crippen molar-refractivity contribution in [1.29, 1.82) is 0 Å². The predicted molar refractivity (Wildman–Crippen MR) is 87.0 cm³/mol.